The summed E-state index contributed by atoms with van der Waals surface area (Å²) in [4.78, 5) is 27.7. The van der Waals surface area contributed by atoms with Crippen molar-refractivity contribution in [2.45, 2.75) is 65.1 Å². The molecule has 0 spiro atoms. The molecule has 1 unspecified atom stereocenters. The van der Waals surface area contributed by atoms with E-state index in [1.54, 1.807) is 16.7 Å². The Balaban J connectivity index is 2.67. The monoisotopic (exact) mass is 299 g/mol. The first kappa shape index (κ1) is 17.8. The summed E-state index contributed by atoms with van der Waals surface area (Å²) in [5.41, 5.74) is 5.18. The molecule has 6 nitrogen and oxygen atoms in total. The van der Waals surface area contributed by atoms with Crippen molar-refractivity contribution >= 4 is 12.0 Å². The lowest BCUT2D eigenvalue weighted by molar-refractivity contribution is -0.133. The van der Waals surface area contributed by atoms with E-state index < -0.39 is 11.6 Å². The van der Waals surface area contributed by atoms with Crippen LogP contribution in [0.3, 0.4) is 0 Å². The Hall–Kier alpha value is -1.30. The van der Waals surface area contributed by atoms with Crippen molar-refractivity contribution in [2.24, 2.45) is 5.73 Å². The summed E-state index contributed by atoms with van der Waals surface area (Å²) in [7, 11) is 0. The molecule has 0 aromatic heterocycles. The molecule has 0 aromatic carbocycles. The summed E-state index contributed by atoms with van der Waals surface area (Å²) in [6.07, 6.45) is 1.53. The van der Waals surface area contributed by atoms with Gasteiger partial charge in [0.05, 0.1) is 6.04 Å². The van der Waals surface area contributed by atoms with Gasteiger partial charge in [0.2, 0.25) is 5.91 Å². The third kappa shape index (κ3) is 5.19. The van der Waals surface area contributed by atoms with Gasteiger partial charge in [0.15, 0.2) is 0 Å². The van der Waals surface area contributed by atoms with Gasteiger partial charge in [-0.05, 0) is 47.5 Å². The Kier molecular flexibility index (Phi) is 6.01. The molecule has 0 aliphatic carbocycles. The first-order valence-corrected chi connectivity index (χ1v) is 7.69. The van der Waals surface area contributed by atoms with Crippen LogP contribution in [0.2, 0.25) is 0 Å². The molecule has 0 saturated carbocycles. The fourth-order valence-corrected chi connectivity index (χ4v) is 2.49. The lowest BCUT2D eigenvalue weighted by Gasteiger charge is -2.32. The maximum Gasteiger partial charge on any atom is 0.410 e. The summed E-state index contributed by atoms with van der Waals surface area (Å²) in [5, 5.41) is 0. The zero-order chi connectivity index (χ0) is 16.2. The van der Waals surface area contributed by atoms with Gasteiger partial charge < -0.3 is 20.3 Å². The Morgan fingerprint density at radius 2 is 2.05 bits per heavy atom. The maximum absolute atomic E-state index is 12.2. The number of rotatable bonds is 4. The molecule has 2 amide bonds. The largest absolute Gasteiger partial charge is 0.444 e. The van der Waals surface area contributed by atoms with Crippen molar-refractivity contribution in [1.82, 2.24) is 9.80 Å². The Morgan fingerprint density at radius 1 is 1.43 bits per heavy atom. The molecule has 6 heteroatoms. The lowest BCUT2D eigenvalue weighted by Crippen LogP contribution is -2.50. The van der Waals surface area contributed by atoms with Crippen molar-refractivity contribution in [3.05, 3.63) is 0 Å². The van der Waals surface area contributed by atoms with Crippen LogP contribution in [0, 0.1) is 0 Å². The lowest BCUT2D eigenvalue weighted by atomic mass is 10.2. The highest BCUT2D eigenvalue weighted by Crippen LogP contribution is 2.20. The molecule has 1 heterocycles. The smallest absolute Gasteiger partial charge is 0.410 e. The molecule has 0 radical (unpaired) electrons. The molecule has 0 aromatic rings. The van der Waals surface area contributed by atoms with Gasteiger partial charge in [0.1, 0.15) is 5.60 Å². The standard InChI is InChI=1S/C15H29N3O3/c1-6-17(14(20)21-15(3,4)5)10-12-8-7-9-18(12)13(19)11(2)16/h11-12H,6-10,16H2,1-5H3/t11-,12?/m0/s1. The topological polar surface area (TPSA) is 75.9 Å². The third-order valence-electron chi connectivity index (χ3n) is 3.51. The SMILES string of the molecule is CCN(CC1CCCN1C(=O)[C@H](C)N)C(=O)OC(C)(C)C. The molecular weight excluding hydrogens is 270 g/mol. The summed E-state index contributed by atoms with van der Waals surface area (Å²) in [5.74, 6) is -0.0438. The molecule has 1 saturated heterocycles. The molecule has 2 N–H and O–H groups in total. The van der Waals surface area contributed by atoms with Crippen molar-refractivity contribution in [2.75, 3.05) is 19.6 Å². The van der Waals surface area contributed by atoms with E-state index in [0.717, 1.165) is 19.4 Å². The fourth-order valence-electron chi connectivity index (χ4n) is 2.49. The molecule has 1 fully saturated rings. The number of amides is 2. The van der Waals surface area contributed by atoms with Crippen LogP contribution >= 0.6 is 0 Å². The van der Waals surface area contributed by atoms with Gasteiger partial charge in [-0.1, -0.05) is 0 Å². The molecule has 1 aliphatic heterocycles. The number of nitrogens with two attached hydrogens (primary N) is 1. The normalized spacial score (nSPS) is 20.3. The molecular formula is C15H29N3O3. The van der Waals surface area contributed by atoms with Crippen LogP contribution in [0.4, 0.5) is 4.79 Å². The van der Waals surface area contributed by atoms with Gasteiger partial charge in [-0.25, -0.2) is 4.79 Å². The predicted octanol–water partition coefficient (Wildman–Crippen LogP) is 1.58. The first-order valence-electron chi connectivity index (χ1n) is 7.69. The van der Waals surface area contributed by atoms with E-state index in [2.05, 4.69) is 0 Å². The number of hydrogen-bond acceptors (Lipinski definition) is 4. The van der Waals surface area contributed by atoms with Crippen molar-refractivity contribution < 1.29 is 14.3 Å². The van der Waals surface area contributed by atoms with Gasteiger partial charge in [-0.3, -0.25) is 4.79 Å². The maximum atomic E-state index is 12.2. The third-order valence-corrected chi connectivity index (χ3v) is 3.51. The van der Waals surface area contributed by atoms with Crippen molar-refractivity contribution in [1.29, 1.82) is 0 Å². The highest BCUT2D eigenvalue weighted by atomic mass is 16.6. The summed E-state index contributed by atoms with van der Waals surface area (Å²) in [6, 6.07) is -0.460. The molecule has 2 atom stereocenters. The average Bonchev–Trinajstić information content (AvgIpc) is 2.80. The minimum Gasteiger partial charge on any atom is -0.444 e. The van der Waals surface area contributed by atoms with E-state index in [0.29, 0.717) is 13.1 Å². The van der Waals surface area contributed by atoms with Crippen LogP contribution in [0.15, 0.2) is 0 Å². The van der Waals surface area contributed by atoms with Gasteiger partial charge in [0.25, 0.3) is 0 Å². The number of hydrogen-bond donors (Lipinski definition) is 1. The number of carbonyl (C=O) groups excluding carboxylic acids is 2. The Labute approximate surface area is 127 Å². The van der Waals surface area contributed by atoms with E-state index in [1.165, 1.54) is 0 Å². The number of carbonyl (C=O) groups is 2. The number of likely N-dealkylation sites (tertiary alicyclic amines) is 1. The number of likely N-dealkylation sites (N-methyl/N-ethyl adjacent to an activating group) is 1. The average molecular weight is 299 g/mol. The van der Waals surface area contributed by atoms with Crippen molar-refractivity contribution in [3.8, 4) is 0 Å². The second kappa shape index (κ2) is 7.11. The zero-order valence-corrected chi connectivity index (χ0v) is 13.9. The van der Waals surface area contributed by atoms with Gasteiger partial charge >= 0.3 is 6.09 Å². The molecule has 1 rings (SSSR count). The number of ether oxygens (including phenoxy) is 1. The van der Waals surface area contributed by atoms with E-state index in [4.69, 9.17) is 10.5 Å². The van der Waals surface area contributed by atoms with E-state index in [1.807, 2.05) is 27.7 Å². The molecule has 122 valence electrons. The van der Waals surface area contributed by atoms with Crippen LogP contribution in [0.1, 0.15) is 47.5 Å². The molecule has 21 heavy (non-hydrogen) atoms. The van der Waals surface area contributed by atoms with Crippen LogP contribution in [0.5, 0.6) is 0 Å². The minimum absolute atomic E-state index is 0.0379. The summed E-state index contributed by atoms with van der Waals surface area (Å²) < 4.78 is 5.40. The van der Waals surface area contributed by atoms with E-state index in [-0.39, 0.29) is 18.0 Å². The summed E-state index contributed by atoms with van der Waals surface area (Å²) in [6.45, 7) is 10.9. The molecule has 1 aliphatic rings. The van der Waals surface area contributed by atoms with Gasteiger partial charge in [-0.15, -0.1) is 0 Å². The van der Waals surface area contributed by atoms with Crippen LogP contribution in [-0.2, 0) is 9.53 Å². The van der Waals surface area contributed by atoms with Crippen LogP contribution in [-0.4, -0.2) is 59.1 Å². The zero-order valence-electron chi connectivity index (χ0n) is 13.9. The minimum atomic E-state index is -0.512. The number of nitrogens with zero attached hydrogens (tertiary/aromatic N) is 2. The predicted molar refractivity (Wildman–Crippen MR) is 81.9 cm³/mol. The molecule has 0 bridgehead atoms. The second-order valence-electron chi connectivity index (χ2n) is 6.64. The fraction of sp³-hybridized carbons (Fsp3) is 0.867. The van der Waals surface area contributed by atoms with Crippen molar-refractivity contribution in [3.63, 3.8) is 0 Å². The summed E-state index contributed by atoms with van der Waals surface area (Å²) >= 11 is 0. The van der Waals surface area contributed by atoms with Crippen LogP contribution < -0.4 is 5.73 Å². The Bertz CT molecular complexity index is 377. The Morgan fingerprint density at radius 3 is 2.52 bits per heavy atom. The van der Waals surface area contributed by atoms with E-state index in [9.17, 15) is 9.59 Å². The second-order valence-corrected chi connectivity index (χ2v) is 6.64. The highest BCUT2D eigenvalue weighted by Gasteiger charge is 2.33. The first-order chi connectivity index (χ1) is 9.65. The van der Waals surface area contributed by atoms with Gasteiger partial charge in [-0.2, -0.15) is 0 Å². The quantitative estimate of drug-likeness (QED) is 0.855. The highest BCUT2D eigenvalue weighted by molar-refractivity contribution is 5.81. The van der Waals surface area contributed by atoms with E-state index >= 15 is 0 Å². The van der Waals surface area contributed by atoms with Crippen LogP contribution in [0.25, 0.3) is 0 Å². The van der Waals surface area contributed by atoms with Gasteiger partial charge in [0, 0.05) is 25.7 Å².